The molecule has 0 bridgehead atoms. The molecule has 3 aromatic rings. The van der Waals surface area contributed by atoms with Crippen LogP contribution in [0.15, 0.2) is 59.0 Å². The van der Waals surface area contributed by atoms with Crippen LogP contribution in [0, 0.1) is 6.92 Å². The first kappa shape index (κ1) is 15.3. The summed E-state index contributed by atoms with van der Waals surface area (Å²) in [4.78, 5) is 14.3. The van der Waals surface area contributed by atoms with Crippen molar-refractivity contribution in [2.75, 3.05) is 7.05 Å². The molecule has 0 radical (unpaired) electrons. The highest BCUT2D eigenvalue weighted by Crippen LogP contribution is 2.27. The maximum absolute atomic E-state index is 12.5. The summed E-state index contributed by atoms with van der Waals surface area (Å²) < 4.78 is 5.87. The van der Waals surface area contributed by atoms with Crippen molar-refractivity contribution in [2.24, 2.45) is 0 Å². The monoisotopic (exact) mass is 307 g/mol. The molecule has 0 saturated heterocycles. The first-order chi connectivity index (χ1) is 11.0. The van der Waals surface area contributed by atoms with Crippen molar-refractivity contribution < 1.29 is 9.21 Å². The SMILES string of the molecule is Cc1ccc(CC(=O)N(C)[C@@H](C)c2cc3ccccc3o2)cc1. The lowest BCUT2D eigenvalue weighted by atomic mass is 10.1. The number of amides is 1. The summed E-state index contributed by atoms with van der Waals surface area (Å²) in [6, 6.07) is 17.9. The van der Waals surface area contributed by atoms with Gasteiger partial charge in [0.1, 0.15) is 11.3 Å². The van der Waals surface area contributed by atoms with Gasteiger partial charge in [-0.15, -0.1) is 0 Å². The number of likely N-dealkylation sites (N-methyl/N-ethyl adjacent to an activating group) is 1. The third kappa shape index (κ3) is 3.29. The van der Waals surface area contributed by atoms with Gasteiger partial charge in [0.15, 0.2) is 0 Å². The van der Waals surface area contributed by atoms with Crippen molar-refractivity contribution in [1.29, 1.82) is 0 Å². The summed E-state index contributed by atoms with van der Waals surface area (Å²) in [6.07, 6.45) is 0.404. The van der Waals surface area contributed by atoms with E-state index in [1.807, 2.05) is 75.5 Å². The lowest BCUT2D eigenvalue weighted by Crippen LogP contribution is -2.30. The Bertz CT molecular complexity index is 784. The molecule has 118 valence electrons. The summed E-state index contributed by atoms with van der Waals surface area (Å²) in [5.74, 6) is 0.896. The van der Waals surface area contributed by atoms with Crippen molar-refractivity contribution in [3.8, 4) is 0 Å². The fourth-order valence-corrected chi connectivity index (χ4v) is 2.62. The summed E-state index contributed by atoms with van der Waals surface area (Å²) in [6.45, 7) is 4.03. The van der Waals surface area contributed by atoms with E-state index in [2.05, 4.69) is 0 Å². The van der Waals surface area contributed by atoms with Gasteiger partial charge in [0.25, 0.3) is 0 Å². The molecule has 1 heterocycles. The summed E-state index contributed by atoms with van der Waals surface area (Å²) in [5.41, 5.74) is 3.09. The molecular formula is C20H21NO2. The van der Waals surface area contributed by atoms with Gasteiger partial charge in [0, 0.05) is 12.4 Å². The van der Waals surface area contributed by atoms with E-state index in [0.29, 0.717) is 6.42 Å². The van der Waals surface area contributed by atoms with Crippen LogP contribution in [0.5, 0.6) is 0 Å². The van der Waals surface area contributed by atoms with Crippen LogP contribution < -0.4 is 0 Å². The molecule has 1 aromatic heterocycles. The Hall–Kier alpha value is -2.55. The van der Waals surface area contributed by atoms with Crippen LogP contribution in [-0.2, 0) is 11.2 Å². The average Bonchev–Trinajstić information content (AvgIpc) is 2.99. The molecule has 0 fully saturated rings. The summed E-state index contributed by atoms with van der Waals surface area (Å²) in [7, 11) is 1.83. The minimum absolute atomic E-state index is 0.0850. The van der Waals surface area contributed by atoms with Gasteiger partial charge in [0.2, 0.25) is 5.91 Å². The minimum atomic E-state index is -0.0969. The Kier molecular flexibility index (Phi) is 4.20. The number of hydrogen-bond acceptors (Lipinski definition) is 2. The van der Waals surface area contributed by atoms with Gasteiger partial charge in [-0.3, -0.25) is 4.79 Å². The maximum Gasteiger partial charge on any atom is 0.227 e. The normalized spacial score (nSPS) is 12.3. The van der Waals surface area contributed by atoms with Crippen LogP contribution in [0.25, 0.3) is 11.0 Å². The molecule has 3 nitrogen and oxygen atoms in total. The number of aryl methyl sites for hydroxylation is 1. The highest BCUT2D eigenvalue weighted by Gasteiger charge is 2.20. The predicted molar refractivity (Wildman–Crippen MR) is 92.3 cm³/mol. The van der Waals surface area contributed by atoms with E-state index < -0.39 is 0 Å². The van der Waals surface area contributed by atoms with E-state index in [1.54, 1.807) is 4.90 Å². The van der Waals surface area contributed by atoms with Gasteiger partial charge in [-0.1, -0.05) is 48.0 Å². The second-order valence-corrected chi connectivity index (χ2v) is 6.03. The highest BCUT2D eigenvalue weighted by atomic mass is 16.3. The Morgan fingerprint density at radius 1 is 1.13 bits per heavy atom. The highest BCUT2D eigenvalue weighted by molar-refractivity contribution is 5.80. The number of carbonyl (C=O) groups excluding carboxylic acids is 1. The smallest absolute Gasteiger partial charge is 0.227 e. The molecule has 0 aliphatic heterocycles. The molecule has 0 spiro atoms. The fourth-order valence-electron chi connectivity index (χ4n) is 2.62. The summed E-state index contributed by atoms with van der Waals surface area (Å²) >= 11 is 0. The van der Waals surface area contributed by atoms with Gasteiger partial charge in [-0.2, -0.15) is 0 Å². The number of hydrogen-bond donors (Lipinski definition) is 0. The van der Waals surface area contributed by atoms with Crippen LogP contribution in [0.1, 0.15) is 29.9 Å². The standard InChI is InChI=1S/C20H21NO2/c1-14-8-10-16(11-9-14)12-20(22)21(3)15(2)19-13-17-6-4-5-7-18(17)23-19/h4-11,13,15H,12H2,1-3H3/t15-/m0/s1. The molecule has 23 heavy (non-hydrogen) atoms. The second kappa shape index (κ2) is 6.29. The van der Waals surface area contributed by atoms with Crippen LogP contribution in [0.4, 0.5) is 0 Å². The van der Waals surface area contributed by atoms with Crippen LogP contribution in [0.3, 0.4) is 0 Å². The van der Waals surface area contributed by atoms with Gasteiger partial charge in [-0.05, 0) is 31.5 Å². The minimum Gasteiger partial charge on any atom is -0.459 e. The molecule has 0 aliphatic carbocycles. The van der Waals surface area contributed by atoms with Crippen molar-refractivity contribution in [3.63, 3.8) is 0 Å². The maximum atomic E-state index is 12.5. The van der Waals surface area contributed by atoms with Gasteiger partial charge < -0.3 is 9.32 Å². The third-order valence-corrected chi connectivity index (χ3v) is 4.31. The zero-order chi connectivity index (χ0) is 16.4. The molecule has 3 heteroatoms. The van der Waals surface area contributed by atoms with E-state index in [9.17, 15) is 4.79 Å². The largest absolute Gasteiger partial charge is 0.459 e. The number of furan rings is 1. The van der Waals surface area contributed by atoms with Gasteiger partial charge >= 0.3 is 0 Å². The van der Waals surface area contributed by atoms with E-state index in [0.717, 1.165) is 22.3 Å². The molecule has 1 amide bonds. The van der Waals surface area contributed by atoms with Crippen molar-refractivity contribution in [2.45, 2.75) is 26.3 Å². The quantitative estimate of drug-likeness (QED) is 0.711. The molecule has 0 N–H and O–H groups in total. The molecule has 2 aromatic carbocycles. The van der Waals surface area contributed by atoms with Crippen molar-refractivity contribution in [1.82, 2.24) is 4.90 Å². The number of nitrogens with zero attached hydrogens (tertiary/aromatic N) is 1. The van der Waals surface area contributed by atoms with E-state index >= 15 is 0 Å². The Morgan fingerprint density at radius 3 is 2.52 bits per heavy atom. The zero-order valence-corrected chi connectivity index (χ0v) is 13.7. The van der Waals surface area contributed by atoms with Crippen molar-refractivity contribution >= 4 is 16.9 Å². The zero-order valence-electron chi connectivity index (χ0n) is 13.7. The van der Waals surface area contributed by atoms with Crippen LogP contribution in [-0.4, -0.2) is 17.9 Å². The number of para-hydroxylation sites is 1. The van der Waals surface area contributed by atoms with E-state index in [1.165, 1.54) is 5.56 Å². The lowest BCUT2D eigenvalue weighted by Gasteiger charge is -2.23. The third-order valence-electron chi connectivity index (χ3n) is 4.31. The first-order valence-corrected chi connectivity index (χ1v) is 7.84. The topological polar surface area (TPSA) is 33.5 Å². The first-order valence-electron chi connectivity index (χ1n) is 7.84. The fraction of sp³-hybridized carbons (Fsp3) is 0.250. The number of benzene rings is 2. The summed E-state index contributed by atoms with van der Waals surface area (Å²) in [5, 5.41) is 1.06. The predicted octanol–water partition coefficient (Wildman–Crippen LogP) is 4.50. The van der Waals surface area contributed by atoms with E-state index in [-0.39, 0.29) is 11.9 Å². The molecule has 0 saturated carbocycles. The number of carbonyl (C=O) groups is 1. The molecule has 3 rings (SSSR count). The number of fused-ring (bicyclic) bond motifs is 1. The Balaban J connectivity index is 1.74. The molecule has 1 atom stereocenters. The lowest BCUT2D eigenvalue weighted by molar-refractivity contribution is -0.131. The Morgan fingerprint density at radius 2 is 1.83 bits per heavy atom. The van der Waals surface area contributed by atoms with Crippen LogP contribution >= 0.6 is 0 Å². The second-order valence-electron chi connectivity index (χ2n) is 6.03. The number of rotatable bonds is 4. The molecule has 0 aliphatic rings. The van der Waals surface area contributed by atoms with Gasteiger partial charge in [-0.25, -0.2) is 0 Å². The van der Waals surface area contributed by atoms with E-state index in [4.69, 9.17) is 4.42 Å². The average molecular weight is 307 g/mol. The Labute approximate surface area is 136 Å². The molecular weight excluding hydrogens is 286 g/mol. The molecule has 0 unspecified atom stereocenters. The van der Waals surface area contributed by atoms with Crippen molar-refractivity contribution in [3.05, 3.63) is 71.5 Å². The van der Waals surface area contributed by atoms with Crippen LogP contribution in [0.2, 0.25) is 0 Å². The van der Waals surface area contributed by atoms with Gasteiger partial charge in [0.05, 0.1) is 12.5 Å².